The fourth-order valence-electron chi connectivity index (χ4n) is 1.71. The number of carbonyl (C=O) groups excluding carboxylic acids is 1. The molecule has 0 amide bonds. The van der Waals surface area contributed by atoms with Gasteiger partial charge in [0.05, 0.1) is 5.56 Å². The smallest absolute Gasteiger partial charge is 0.416 e. The van der Waals surface area contributed by atoms with Crippen LogP contribution >= 0.6 is 24.4 Å². The van der Waals surface area contributed by atoms with E-state index in [1.807, 2.05) is 0 Å². The van der Waals surface area contributed by atoms with E-state index in [1.165, 1.54) is 18.3 Å². The van der Waals surface area contributed by atoms with Crippen LogP contribution in [0.1, 0.15) is 21.5 Å². The molecule has 4 nitrogen and oxygen atoms in total. The predicted molar refractivity (Wildman–Crippen MR) is 72.6 cm³/mol. The minimum Gasteiger partial charge on any atom is -0.472 e. The van der Waals surface area contributed by atoms with Gasteiger partial charge in [0.15, 0.2) is 0 Å². The molecule has 112 valence electrons. The average molecular weight is 337 g/mol. The first-order valence-electron chi connectivity index (χ1n) is 5.55. The van der Waals surface area contributed by atoms with Gasteiger partial charge in [-0.3, -0.25) is 4.79 Å². The topological polar surface area (TPSA) is 44.1 Å². The summed E-state index contributed by atoms with van der Waals surface area (Å²) in [6.07, 6.45) is -3.17. The molecule has 1 aromatic carbocycles. The van der Waals surface area contributed by atoms with Gasteiger partial charge in [0, 0.05) is 23.4 Å². The summed E-state index contributed by atoms with van der Waals surface area (Å²) in [7, 11) is 0. The van der Waals surface area contributed by atoms with Crippen LogP contribution in [0.4, 0.5) is 13.2 Å². The Morgan fingerprint density at radius 2 is 2.10 bits per heavy atom. The standard InChI is InChI=1S/C12H8ClF3N2O2S/c13-11(19)7-2-1-3-9(12(14,15)16)8(7)6-20-10-4-5-18(21)17-10/h1-5,21H,6H2. The number of rotatable bonds is 4. The molecule has 0 aliphatic rings. The van der Waals surface area contributed by atoms with Crippen LogP contribution in [0.5, 0.6) is 5.88 Å². The Balaban J connectivity index is 2.37. The van der Waals surface area contributed by atoms with E-state index < -0.39 is 23.6 Å². The zero-order chi connectivity index (χ0) is 15.6. The van der Waals surface area contributed by atoms with Gasteiger partial charge < -0.3 is 4.74 Å². The number of hydrogen-bond acceptors (Lipinski definition) is 4. The molecule has 0 aliphatic carbocycles. The highest BCUT2D eigenvalue weighted by Gasteiger charge is 2.35. The zero-order valence-corrected chi connectivity index (χ0v) is 11.9. The molecule has 0 saturated heterocycles. The van der Waals surface area contributed by atoms with Crippen LogP contribution in [0.2, 0.25) is 0 Å². The summed E-state index contributed by atoms with van der Waals surface area (Å²) in [5, 5.41) is 2.76. The summed E-state index contributed by atoms with van der Waals surface area (Å²) in [6.45, 7) is -0.492. The molecule has 0 aliphatic heterocycles. The fraction of sp³-hybridized carbons (Fsp3) is 0.167. The number of hydrogen-bond donors (Lipinski definition) is 1. The van der Waals surface area contributed by atoms with E-state index in [9.17, 15) is 18.0 Å². The quantitative estimate of drug-likeness (QED) is 0.686. The molecule has 0 atom stereocenters. The number of halogens is 4. The van der Waals surface area contributed by atoms with Gasteiger partial charge in [0.25, 0.3) is 5.24 Å². The van der Waals surface area contributed by atoms with Gasteiger partial charge >= 0.3 is 6.18 Å². The van der Waals surface area contributed by atoms with Crippen LogP contribution in [-0.2, 0) is 12.8 Å². The van der Waals surface area contributed by atoms with Gasteiger partial charge in [-0.2, -0.15) is 13.2 Å². The highest BCUT2D eigenvalue weighted by molar-refractivity contribution is 7.78. The highest BCUT2D eigenvalue weighted by atomic mass is 35.5. The number of carbonyl (C=O) groups is 1. The largest absolute Gasteiger partial charge is 0.472 e. The Bertz CT molecular complexity index is 673. The van der Waals surface area contributed by atoms with Crippen molar-refractivity contribution in [2.24, 2.45) is 0 Å². The molecular weight excluding hydrogens is 329 g/mol. The Hall–Kier alpha value is -1.67. The summed E-state index contributed by atoms with van der Waals surface area (Å²) < 4.78 is 45.2. The Labute approximate surface area is 128 Å². The van der Waals surface area contributed by atoms with Crippen molar-refractivity contribution in [2.75, 3.05) is 0 Å². The van der Waals surface area contributed by atoms with E-state index in [0.29, 0.717) is 0 Å². The maximum Gasteiger partial charge on any atom is 0.416 e. The first kappa shape index (κ1) is 15.7. The second-order valence-corrected chi connectivity index (χ2v) is 4.72. The lowest BCUT2D eigenvalue weighted by Gasteiger charge is -2.15. The van der Waals surface area contributed by atoms with Crippen molar-refractivity contribution in [3.8, 4) is 5.88 Å². The normalized spacial score (nSPS) is 11.5. The third-order valence-corrected chi connectivity index (χ3v) is 3.04. The molecule has 0 fully saturated rings. The number of benzene rings is 1. The van der Waals surface area contributed by atoms with Gasteiger partial charge in [-0.1, -0.05) is 6.07 Å². The van der Waals surface area contributed by atoms with E-state index in [1.54, 1.807) is 0 Å². The lowest BCUT2D eigenvalue weighted by molar-refractivity contribution is -0.138. The molecule has 1 heterocycles. The highest BCUT2D eigenvalue weighted by Crippen LogP contribution is 2.34. The number of ether oxygens (including phenoxy) is 1. The summed E-state index contributed by atoms with van der Waals surface area (Å²) in [5.41, 5.74) is -1.56. The van der Waals surface area contributed by atoms with Crippen molar-refractivity contribution in [2.45, 2.75) is 12.8 Å². The minimum absolute atomic E-state index is 0.0787. The van der Waals surface area contributed by atoms with Crippen LogP contribution in [-0.4, -0.2) is 14.4 Å². The molecular formula is C12H8ClF3N2O2S. The second-order valence-electron chi connectivity index (χ2n) is 3.97. The molecule has 0 unspecified atom stereocenters. The summed E-state index contributed by atoms with van der Waals surface area (Å²) >= 11 is 9.20. The third-order valence-electron chi connectivity index (χ3n) is 2.61. The maximum atomic E-state index is 13.0. The van der Waals surface area contributed by atoms with Gasteiger partial charge in [0.2, 0.25) is 5.88 Å². The van der Waals surface area contributed by atoms with E-state index in [0.717, 1.165) is 16.2 Å². The number of alkyl halides is 3. The lowest BCUT2D eigenvalue weighted by atomic mass is 10.0. The van der Waals surface area contributed by atoms with Crippen LogP contribution in [0.25, 0.3) is 0 Å². The van der Waals surface area contributed by atoms with E-state index in [-0.39, 0.29) is 17.0 Å². The van der Waals surface area contributed by atoms with Crippen molar-refractivity contribution in [3.63, 3.8) is 0 Å². The fourth-order valence-corrected chi connectivity index (χ4v) is 2.05. The summed E-state index contributed by atoms with van der Waals surface area (Å²) in [4.78, 5) is 11.3. The molecule has 9 heteroatoms. The van der Waals surface area contributed by atoms with E-state index in [4.69, 9.17) is 16.3 Å². The minimum atomic E-state index is -4.62. The lowest BCUT2D eigenvalue weighted by Crippen LogP contribution is -2.14. The Morgan fingerprint density at radius 3 is 2.62 bits per heavy atom. The predicted octanol–water partition coefficient (Wildman–Crippen LogP) is 3.55. The average Bonchev–Trinajstić information content (AvgIpc) is 2.80. The number of thiol groups is 1. The van der Waals surface area contributed by atoms with Crippen molar-refractivity contribution in [1.82, 2.24) is 9.19 Å². The van der Waals surface area contributed by atoms with Crippen LogP contribution in [0, 0.1) is 0 Å². The van der Waals surface area contributed by atoms with Crippen molar-refractivity contribution in [1.29, 1.82) is 0 Å². The first-order chi connectivity index (χ1) is 9.79. The summed E-state index contributed by atoms with van der Waals surface area (Å²) in [5.74, 6) is 0.0787. The van der Waals surface area contributed by atoms with E-state index in [2.05, 4.69) is 17.9 Å². The monoisotopic (exact) mass is 336 g/mol. The molecule has 2 rings (SSSR count). The number of nitrogens with zero attached hydrogens (tertiary/aromatic N) is 2. The van der Waals surface area contributed by atoms with Crippen molar-refractivity contribution < 1.29 is 22.7 Å². The van der Waals surface area contributed by atoms with Gasteiger partial charge in [0.1, 0.15) is 6.61 Å². The second kappa shape index (κ2) is 5.98. The van der Waals surface area contributed by atoms with Crippen LogP contribution in [0.15, 0.2) is 30.5 Å². The van der Waals surface area contributed by atoms with Gasteiger partial charge in [-0.25, -0.2) is 4.09 Å². The molecule has 1 aromatic heterocycles. The van der Waals surface area contributed by atoms with Crippen molar-refractivity contribution >= 4 is 29.7 Å². The zero-order valence-electron chi connectivity index (χ0n) is 10.3. The molecule has 0 bridgehead atoms. The molecule has 21 heavy (non-hydrogen) atoms. The third kappa shape index (κ3) is 3.70. The summed E-state index contributed by atoms with van der Waals surface area (Å²) in [6, 6.07) is 4.61. The molecule has 0 spiro atoms. The Morgan fingerprint density at radius 1 is 1.38 bits per heavy atom. The van der Waals surface area contributed by atoms with E-state index >= 15 is 0 Å². The Kier molecular flexibility index (Phi) is 4.48. The van der Waals surface area contributed by atoms with Crippen LogP contribution in [0.3, 0.4) is 0 Å². The number of aromatic nitrogens is 2. The van der Waals surface area contributed by atoms with Crippen molar-refractivity contribution in [3.05, 3.63) is 47.2 Å². The van der Waals surface area contributed by atoms with Gasteiger partial charge in [-0.05, 0) is 36.5 Å². The van der Waals surface area contributed by atoms with Gasteiger partial charge in [-0.15, -0.1) is 5.10 Å². The van der Waals surface area contributed by atoms with Crippen LogP contribution < -0.4 is 4.74 Å². The molecule has 0 radical (unpaired) electrons. The molecule has 0 saturated carbocycles. The maximum absolute atomic E-state index is 13.0. The molecule has 0 N–H and O–H groups in total. The molecule has 2 aromatic rings. The first-order valence-corrected chi connectivity index (χ1v) is 6.33. The SMILES string of the molecule is O=C(Cl)c1cccc(C(F)(F)F)c1COc1ccn(S)n1.